The number of rotatable bonds is 8. The van der Waals surface area contributed by atoms with E-state index in [2.05, 4.69) is 24.2 Å². The Kier molecular flexibility index (Phi) is 6.92. The van der Waals surface area contributed by atoms with E-state index >= 15 is 0 Å². The third-order valence-corrected chi connectivity index (χ3v) is 2.91. The minimum atomic E-state index is -0.299. The number of benzene rings is 1. The first-order valence-electron chi connectivity index (χ1n) is 6.67. The van der Waals surface area contributed by atoms with Crippen LogP contribution in [0.15, 0.2) is 24.3 Å². The lowest BCUT2D eigenvalue weighted by Crippen LogP contribution is -2.30. The summed E-state index contributed by atoms with van der Waals surface area (Å²) in [5, 5.41) is 0. The molecule has 0 bridgehead atoms. The molecule has 5 nitrogen and oxygen atoms in total. The normalized spacial score (nSPS) is 10.5. The molecule has 0 unspecified atom stereocenters. The van der Waals surface area contributed by atoms with Crippen LogP contribution in [0.2, 0.25) is 0 Å². The molecular weight excluding hydrogens is 242 g/mol. The second-order valence-electron chi connectivity index (χ2n) is 4.28. The summed E-state index contributed by atoms with van der Waals surface area (Å²) in [6, 6.07) is 6.95. The van der Waals surface area contributed by atoms with Gasteiger partial charge in [-0.3, -0.25) is 10.2 Å². The molecule has 0 saturated heterocycles. The second kappa shape index (κ2) is 8.50. The Morgan fingerprint density at radius 2 is 1.95 bits per heavy atom. The lowest BCUT2D eigenvalue weighted by molar-refractivity contribution is 0.0953. The highest BCUT2D eigenvalue weighted by atomic mass is 16.5. The minimum absolute atomic E-state index is 0.299. The lowest BCUT2D eigenvalue weighted by atomic mass is 10.2. The highest BCUT2D eigenvalue weighted by Gasteiger charge is 2.04. The molecule has 0 aliphatic carbocycles. The number of nitrogen functional groups attached to an aromatic ring is 1. The van der Waals surface area contributed by atoms with Crippen molar-refractivity contribution in [1.82, 2.24) is 10.3 Å². The highest BCUT2D eigenvalue weighted by Crippen LogP contribution is 2.12. The third kappa shape index (κ3) is 5.28. The minimum Gasteiger partial charge on any atom is -0.492 e. The van der Waals surface area contributed by atoms with Crippen molar-refractivity contribution >= 4 is 5.91 Å². The standard InChI is InChI=1S/C14H23N3O2/c1-3-9-17(4-2)10-11-19-13-7-5-12(6-8-13)14(18)16-15/h5-8H,3-4,9-11,15H2,1-2H3,(H,16,18). The van der Waals surface area contributed by atoms with Gasteiger partial charge in [0.05, 0.1) is 0 Å². The van der Waals surface area contributed by atoms with Crippen LogP contribution in [0.3, 0.4) is 0 Å². The molecule has 0 saturated carbocycles. The first kappa shape index (κ1) is 15.5. The molecule has 5 heteroatoms. The molecule has 0 radical (unpaired) electrons. The summed E-state index contributed by atoms with van der Waals surface area (Å²) in [5.74, 6) is 5.53. The van der Waals surface area contributed by atoms with Crippen LogP contribution in [-0.2, 0) is 0 Å². The summed E-state index contributed by atoms with van der Waals surface area (Å²) in [7, 11) is 0. The molecule has 0 atom stereocenters. The second-order valence-corrected chi connectivity index (χ2v) is 4.28. The van der Waals surface area contributed by atoms with Crippen LogP contribution in [0.25, 0.3) is 0 Å². The largest absolute Gasteiger partial charge is 0.492 e. The van der Waals surface area contributed by atoms with Gasteiger partial charge in [-0.05, 0) is 43.8 Å². The molecular formula is C14H23N3O2. The van der Waals surface area contributed by atoms with Crippen molar-refractivity contribution in [1.29, 1.82) is 0 Å². The van der Waals surface area contributed by atoms with Gasteiger partial charge in [-0.2, -0.15) is 0 Å². The molecule has 1 aromatic carbocycles. The Hall–Kier alpha value is -1.59. The predicted molar refractivity (Wildman–Crippen MR) is 76.0 cm³/mol. The van der Waals surface area contributed by atoms with Crippen LogP contribution in [0.5, 0.6) is 5.75 Å². The molecule has 0 aliphatic heterocycles. The maximum absolute atomic E-state index is 11.3. The number of hydrazine groups is 1. The van der Waals surface area contributed by atoms with Gasteiger partial charge in [-0.25, -0.2) is 5.84 Å². The van der Waals surface area contributed by atoms with Crippen LogP contribution in [0.1, 0.15) is 30.6 Å². The fraction of sp³-hybridized carbons (Fsp3) is 0.500. The van der Waals surface area contributed by atoms with Crippen LogP contribution in [0, 0.1) is 0 Å². The first-order valence-corrected chi connectivity index (χ1v) is 6.67. The zero-order valence-corrected chi connectivity index (χ0v) is 11.7. The number of amides is 1. The summed E-state index contributed by atoms with van der Waals surface area (Å²) in [4.78, 5) is 13.6. The molecule has 0 fully saturated rings. The maximum atomic E-state index is 11.3. The average molecular weight is 265 g/mol. The number of carbonyl (C=O) groups is 1. The van der Waals surface area contributed by atoms with E-state index in [0.29, 0.717) is 12.2 Å². The number of ether oxygens (including phenoxy) is 1. The van der Waals surface area contributed by atoms with E-state index in [-0.39, 0.29) is 5.91 Å². The third-order valence-electron chi connectivity index (χ3n) is 2.91. The number of carbonyl (C=O) groups excluding carboxylic acids is 1. The van der Waals surface area contributed by atoms with E-state index in [4.69, 9.17) is 10.6 Å². The van der Waals surface area contributed by atoms with Gasteiger partial charge in [0.1, 0.15) is 12.4 Å². The van der Waals surface area contributed by atoms with Crippen molar-refractivity contribution in [3.05, 3.63) is 29.8 Å². The summed E-state index contributed by atoms with van der Waals surface area (Å²) in [6.07, 6.45) is 1.15. The van der Waals surface area contributed by atoms with Gasteiger partial charge >= 0.3 is 0 Å². The first-order chi connectivity index (χ1) is 9.21. The maximum Gasteiger partial charge on any atom is 0.265 e. The average Bonchev–Trinajstić information content (AvgIpc) is 2.46. The molecule has 0 heterocycles. The van der Waals surface area contributed by atoms with Crippen LogP contribution < -0.4 is 16.0 Å². The van der Waals surface area contributed by atoms with E-state index in [1.54, 1.807) is 24.3 Å². The van der Waals surface area contributed by atoms with E-state index in [0.717, 1.165) is 31.8 Å². The van der Waals surface area contributed by atoms with Crippen molar-refractivity contribution in [2.45, 2.75) is 20.3 Å². The Balaban J connectivity index is 2.39. The fourth-order valence-corrected chi connectivity index (χ4v) is 1.82. The van der Waals surface area contributed by atoms with Crippen molar-refractivity contribution < 1.29 is 9.53 Å². The predicted octanol–water partition coefficient (Wildman–Crippen LogP) is 1.40. The quantitative estimate of drug-likeness (QED) is 0.423. The fourth-order valence-electron chi connectivity index (χ4n) is 1.82. The Morgan fingerprint density at radius 1 is 1.26 bits per heavy atom. The van der Waals surface area contributed by atoms with Crippen LogP contribution in [0.4, 0.5) is 0 Å². The van der Waals surface area contributed by atoms with Crippen molar-refractivity contribution in [3.63, 3.8) is 0 Å². The monoisotopic (exact) mass is 265 g/mol. The lowest BCUT2D eigenvalue weighted by Gasteiger charge is -2.19. The van der Waals surface area contributed by atoms with Gasteiger partial charge in [-0.1, -0.05) is 13.8 Å². The molecule has 1 rings (SSSR count). The highest BCUT2D eigenvalue weighted by molar-refractivity contribution is 5.93. The molecule has 106 valence electrons. The summed E-state index contributed by atoms with van der Waals surface area (Å²) >= 11 is 0. The van der Waals surface area contributed by atoms with Crippen molar-refractivity contribution in [2.24, 2.45) is 5.84 Å². The zero-order chi connectivity index (χ0) is 14.1. The van der Waals surface area contributed by atoms with Gasteiger partial charge in [-0.15, -0.1) is 0 Å². The van der Waals surface area contributed by atoms with Gasteiger partial charge in [0, 0.05) is 12.1 Å². The van der Waals surface area contributed by atoms with E-state index in [9.17, 15) is 4.79 Å². The smallest absolute Gasteiger partial charge is 0.265 e. The molecule has 0 spiro atoms. The van der Waals surface area contributed by atoms with E-state index < -0.39 is 0 Å². The van der Waals surface area contributed by atoms with Crippen LogP contribution >= 0.6 is 0 Å². The molecule has 3 N–H and O–H groups in total. The van der Waals surface area contributed by atoms with Gasteiger partial charge in [0.15, 0.2) is 0 Å². The number of hydrogen-bond acceptors (Lipinski definition) is 4. The SMILES string of the molecule is CCCN(CC)CCOc1ccc(C(=O)NN)cc1. The molecule has 1 amide bonds. The van der Waals surface area contributed by atoms with Gasteiger partial charge < -0.3 is 9.64 Å². The van der Waals surface area contributed by atoms with Crippen LogP contribution in [-0.4, -0.2) is 37.0 Å². The summed E-state index contributed by atoms with van der Waals surface area (Å²) < 4.78 is 5.65. The molecule has 1 aromatic rings. The summed E-state index contributed by atoms with van der Waals surface area (Å²) in [5.41, 5.74) is 2.62. The Bertz CT molecular complexity index is 379. The molecule has 19 heavy (non-hydrogen) atoms. The molecule has 0 aliphatic rings. The topological polar surface area (TPSA) is 67.6 Å². The van der Waals surface area contributed by atoms with Gasteiger partial charge in [0.25, 0.3) is 5.91 Å². The number of nitrogens with zero attached hydrogens (tertiary/aromatic N) is 1. The zero-order valence-electron chi connectivity index (χ0n) is 11.7. The van der Waals surface area contributed by atoms with E-state index in [1.807, 2.05) is 0 Å². The number of hydrogen-bond donors (Lipinski definition) is 2. The van der Waals surface area contributed by atoms with Gasteiger partial charge in [0.2, 0.25) is 0 Å². The van der Waals surface area contributed by atoms with E-state index in [1.165, 1.54) is 0 Å². The number of nitrogens with one attached hydrogen (secondary N) is 1. The van der Waals surface area contributed by atoms with Crippen molar-refractivity contribution in [3.8, 4) is 5.75 Å². The number of likely N-dealkylation sites (N-methyl/N-ethyl adjacent to an activating group) is 1. The Morgan fingerprint density at radius 3 is 2.47 bits per heavy atom. The van der Waals surface area contributed by atoms with Crippen molar-refractivity contribution in [2.75, 3.05) is 26.2 Å². The number of nitrogens with two attached hydrogens (primary N) is 1. The summed E-state index contributed by atoms with van der Waals surface area (Å²) in [6.45, 7) is 8.01. The Labute approximate surface area is 114 Å². The molecule has 0 aromatic heterocycles.